The maximum atomic E-state index is 4.71. The molecule has 1 aromatic heterocycles. The molecule has 0 amide bonds. The van der Waals surface area contributed by atoms with Gasteiger partial charge in [-0.05, 0) is 29.3 Å². The zero-order chi connectivity index (χ0) is 18.2. The van der Waals surface area contributed by atoms with Gasteiger partial charge in [-0.25, -0.2) is 4.99 Å². The second kappa shape index (κ2) is 10.9. The fraction of sp³-hybridized carbons (Fsp3) is 0.350. The minimum absolute atomic E-state index is 0. The summed E-state index contributed by atoms with van der Waals surface area (Å²) in [5.74, 6) is 1.83. The van der Waals surface area contributed by atoms with Gasteiger partial charge < -0.3 is 15.2 Å². The number of benzene rings is 2. The molecule has 2 N–H and O–H groups in total. The highest BCUT2D eigenvalue weighted by Gasteiger charge is 2.02. The molecule has 2 aromatic carbocycles. The Hall–Kier alpha value is -2.16. The van der Waals surface area contributed by atoms with Crippen molar-refractivity contribution in [2.75, 3.05) is 13.1 Å². The van der Waals surface area contributed by atoms with Gasteiger partial charge in [-0.15, -0.1) is 34.2 Å². The number of guanidine groups is 1. The molecule has 3 aromatic rings. The predicted molar refractivity (Wildman–Crippen MR) is 122 cm³/mol. The number of fused-ring (bicyclic) bond motifs is 1. The van der Waals surface area contributed by atoms with E-state index in [0.29, 0.717) is 6.54 Å². The third-order valence-electron chi connectivity index (χ3n) is 4.23. The quantitative estimate of drug-likeness (QED) is 0.311. The van der Waals surface area contributed by atoms with Gasteiger partial charge in [0, 0.05) is 26.1 Å². The van der Waals surface area contributed by atoms with Crippen molar-refractivity contribution in [1.82, 2.24) is 25.4 Å². The molecule has 0 saturated heterocycles. The van der Waals surface area contributed by atoms with E-state index >= 15 is 0 Å². The van der Waals surface area contributed by atoms with E-state index in [1.807, 2.05) is 0 Å². The average molecular weight is 478 g/mol. The summed E-state index contributed by atoms with van der Waals surface area (Å²) in [6.45, 7) is 7.22. The largest absolute Gasteiger partial charge is 0.357 e. The molecule has 0 radical (unpaired) electrons. The van der Waals surface area contributed by atoms with Gasteiger partial charge >= 0.3 is 0 Å². The van der Waals surface area contributed by atoms with Crippen LogP contribution in [0.3, 0.4) is 0 Å². The lowest BCUT2D eigenvalue weighted by atomic mass is 10.1. The zero-order valence-electron chi connectivity index (χ0n) is 15.9. The zero-order valence-corrected chi connectivity index (χ0v) is 18.2. The van der Waals surface area contributed by atoms with E-state index in [-0.39, 0.29) is 24.0 Å². The van der Waals surface area contributed by atoms with Crippen LogP contribution >= 0.6 is 24.0 Å². The first-order valence-corrected chi connectivity index (χ1v) is 9.16. The van der Waals surface area contributed by atoms with Gasteiger partial charge in [0.2, 0.25) is 0 Å². The molecule has 0 spiro atoms. The highest BCUT2D eigenvalue weighted by Crippen LogP contribution is 2.16. The number of aryl methyl sites for hydroxylation is 1. The molecule has 1 heterocycles. The normalized spacial score (nSPS) is 11.3. The fourth-order valence-electron chi connectivity index (χ4n) is 2.88. The molecule has 27 heavy (non-hydrogen) atoms. The molecule has 0 aliphatic carbocycles. The van der Waals surface area contributed by atoms with Crippen molar-refractivity contribution >= 4 is 40.7 Å². The summed E-state index contributed by atoms with van der Waals surface area (Å²) in [6, 6.07) is 14.9. The summed E-state index contributed by atoms with van der Waals surface area (Å²) in [5.41, 5.74) is 1.20. The molecule has 0 fully saturated rings. The number of aromatic nitrogens is 3. The predicted octanol–water partition coefficient (Wildman–Crippen LogP) is 3.37. The summed E-state index contributed by atoms with van der Waals surface area (Å²) in [6.07, 6.45) is 2.66. The minimum atomic E-state index is 0. The van der Waals surface area contributed by atoms with Crippen LogP contribution in [-0.4, -0.2) is 33.8 Å². The third kappa shape index (κ3) is 5.92. The van der Waals surface area contributed by atoms with E-state index in [1.54, 1.807) is 6.33 Å². The first-order chi connectivity index (χ1) is 12.8. The van der Waals surface area contributed by atoms with E-state index in [2.05, 4.69) is 81.7 Å². The van der Waals surface area contributed by atoms with Crippen molar-refractivity contribution in [2.45, 2.75) is 33.4 Å². The monoisotopic (exact) mass is 478 g/mol. The SMILES string of the molecule is CCNC(=NCc1ccc2ccccc2c1)NCCn1cnnc1CC.I. The van der Waals surface area contributed by atoms with Crippen molar-refractivity contribution in [3.63, 3.8) is 0 Å². The van der Waals surface area contributed by atoms with Crippen molar-refractivity contribution in [2.24, 2.45) is 4.99 Å². The first-order valence-electron chi connectivity index (χ1n) is 9.16. The molecule has 7 heteroatoms. The standard InChI is InChI=1S/C20H26N6.HI/c1-3-19-25-24-15-26(19)12-11-22-20(21-4-2)23-14-16-9-10-17-7-5-6-8-18(17)13-16;/h5-10,13,15H,3-4,11-12,14H2,1-2H3,(H2,21,22,23);1H. The second-order valence-corrected chi connectivity index (χ2v) is 6.10. The summed E-state index contributed by atoms with van der Waals surface area (Å²) in [5, 5.41) is 17.3. The van der Waals surface area contributed by atoms with Gasteiger partial charge in [0.15, 0.2) is 5.96 Å². The van der Waals surface area contributed by atoms with Crippen molar-refractivity contribution in [1.29, 1.82) is 0 Å². The topological polar surface area (TPSA) is 67.1 Å². The van der Waals surface area contributed by atoms with Crippen LogP contribution in [0.15, 0.2) is 53.8 Å². The molecular weight excluding hydrogens is 451 g/mol. The van der Waals surface area contributed by atoms with Crippen LogP contribution in [0.25, 0.3) is 10.8 Å². The Balaban J connectivity index is 0.00000261. The summed E-state index contributed by atoms with van der Waals surface area (Å²) in [4.78, 5) is 4.71. The van der Waals surface area contributed by atoms with E-state index in [9.17, 15) is 0 Å². The minimum Gasteiger partial charge on any atom is -0.357 e. The van der Waals surface area contributed by atoms with Crippen LogP contribution < -0.4 is 10.6 Å². The molecule has 0 aliphatic rings. The van der Waals surface area contributed by atoms with E-state index in [1.165, 1.54) is 16.3 Å². The molecular formula is C20H27IN6. The van der Waals surface area contributed by atoms with Crippen LogP contribution in [0.4, 0.5) is 0 Å². The maximum Gasteiger partial charge on any atom is 0.191 e. The van der Waals surface area contributed by atoms with Crippen LogP contribution in [0.2, 0.25) is 0 Å². The molecule has 0 atom stereocenters. The molecule has 6 nitrogen and oxygen atoms in total. The Morgan fingerprint density at radius 1 is 1.07 bits per heavy atom. The van der Waals surface area contributed by atoms with Crippen LogP contribution in [-0.2, 0) is 19.5 Å². The number of rotatable bonds is 7. The van der Waals surface area contributed by atoms with Gasteiger partial charge in [-0.2, -0.15) is 0 Å². The Bertz CT molecular complexity index is 874. The van der Waals surface area contributed by atoms with E-state index < -0.39 is 0 Å². The van der Waals surface area contributed by atoms with E-state index in [4.69, 9.17) is 4.99 Å². The van der Waals surface area contributed by atoms with Crippen molar-refractivity contribution < 1.29 is 0 Å². The van der Waals surface area contributed by atoms with Gasteiger partial charge in [0.05, 0.1) is 6.54 Å². The summed E-state index contributed by atoms with van der Waals surface area (Å²) >= 11 is 0. The third-order valence-corrected chi connectivity index (χ3v) is 4.23. The molecule has 0 unspecified atom stereocenters. The average Bonchev–Trinajstić information content (AvgIpc) is 3.13. The van der Waals surface area contributed by atoms with Gasteiger partial charge in [-0.1, -0.05) is 43.3 Å². The Morgan fingerprint density at radius 3 is 2.67 bits per heavy atom. The first kappa shape index (κ1) is 21.1. The van der Waals surface area contributed by atoms with Crippen LogP contribution in [0.5, 0.6) is 0 Å². The number of hydrogen-bond donors (Lipinski definition) is 2. The lowest BCUT2D eigenvalue weighted by Gasteiger charge is -2.12. The number of aliphatic imine (C=N–C) groups is 1. The maximum absolute atomic E-state index is 4.71. The van der Waals surface area contributed by atoms with Gasteiger partial charge in [0.1, 0.15) is 12.2 Å². The Labute approximate surface area is 177 Å². The summed E-state index contributed by atoms with van der Waals surface area (Å²) in [7, 11) is 0. The molecule has 0 aliphatic heterocycles. The highest BCUT2D eigenvalue weighted by molar-refractivity contribution is 14.0. The molecule has 0 saturated carbocycles. The molecule has 0 bridgehead atoms. The van der Waals surface area contributed by atoms with E-state index in [0.717, 1.165) is 37.8 Å². The van der Waals surface area contributed by atoms with Gasteiger partial charge in [0.25, 0.3) is 0 Å². The second-order valence-electron chi connectivity index (χ2n) is 6.10. The lowest BCUT2D eigenvalue weighted by molar-refractivity contribution is 0.632. The van der Waals surface area contributed by atoms with Gasteiger partial charge in [-0.3, -0.25) is 0 Å². The number of nitrogens with zero attached hydrogens (tertiary/aromatic N) is 4. The lowest BCUT2D eigenvalue weighted by Crippen LogP contribution is -2.38. The number of nitrogens with one attached hydrogen (secondary N) is 2. The van der Waals surface area contributed by atoms with Crippen molar-refractivity contribution in [3.05, 3.63) is 60.2 Å². The van der Waals surface area contributed by atoms with Crippen LogP contribution in [0.1, 0.15) is 25.2 Å². The van der Waals surface area contributed by atoms with Crippen molar-refractivity contribution in [3.8, 4) is 0 Å². The molecule has 3 rings (SSSR count). The highest BCUT2D eigenvalue weighted by atomic mass is 127. The Kier molecular flexibility index (Phi) is 8.50. The number of halogens is 1. The smallest absolute Gasteiger partial charge is 0.191 e. The summed E-state index contributed by atoms with van der Waals surface area (Å²) < 4.78 is 2.07. The fourth-order valence-corrected chi connectivity index (χ4v) is 2.88. The Morgan fingerprint density at radius 2 is 1.89 bits per heavy atom. The number of hydrogen-bond acceptors (Lipinski definition) is 3. The van der Waals surface area contributed by atoms with Crippen LogP contribution in [0, 0.1) is 0 Å². The molecule has 144 valence electrons.